The van der Waals surface area contributed by atoms with Crippen molar-refractivity contribution in [1.82, 2.24) is 0 Å². The Labute approximate surface area is 243 Å². The van der Waals surface area contributed by atoms with Gasteiger partial charge < -0.3 is 55.4 Å². The number of carboxylic acids is 1. The standard InChI is InChI=1S/C31H26O12/c32-14-4-1-12(2-5-14)29-27(39)22(16-7-6-15(33)10-21(16)42-29)23-26(38)24(31(40)41)25(37)17-11-20(36)28(43-30(17)23)13-3-8-18(34)19(35)9-13/h1-10,20,22,27-29,32-39H,11H2,(H,40,41). The van der Waals surface area contributed by atoms with E-state index in [2.05, 4.69) is 0 Å². The highest BCUT2D eigenvalue weighted by molar-refractivity contribution is 5.96. The Kier molecular flexibility index (Phi) is 6.59. The molecule has 4 aromatic carbocycles. The summed E-state index contributed by atoms with van der Waals surface area (Å²) in [7, 11) is 0. The molecule has 0 fully saturated rings. The number of fused-ring (bicyclic) bond motifs is 2. The van der Waals surface area contributed by atoms with Gasteiger partial charge in [-0.25, -0.2) is 4.79 Å². The van der Waals surface area contributed by atoms with E-state index in [4.69, 9.17) is 9.47 Å². The lowest BCUT2D eigenvalue weighted by Crippen LogP contribution is -2.37. The van der Waals surface area contributed by atoms with Crippen LogP contribution >= 0.6 is 0 Å². The van der Waals surface area contributed by atoms with E-state index in [9.17, 15) is 50.8 Å². The zero-order chi connectivity index (χ0) is 30.7. The number of carbonyl (C=O) groups is 1. The molecule has 9 N–H and O–H groups in total. The van der Waals surface area contributed by atoms with E-state index in [0.717, 1.165) is 0 Å². The lowest BCUT2D eigenvalue weighted by Gasteiger charge is -2.40. The van der Waals surface area contributed by atoms with Crippen LogP contribution in [0.25, 0.3) is 0 Å². The van der Waals surface area contributed by atoms with Gasteiger partial charge >= 0.3 is 5.97 Å². The van der Waals surface area contributed by atoms with Crippen LogP contribution in [-0.4, -0.2) is 64.1 Å². The highest BCUT2D eigenvalue weighted by atomic mass is 16.5. The number of hydrogen-bond donors (Lipinski definition) is 9. The van der Waals surface area contributed by atoms with Crippen LogP contribution in [0.5, 0.6) is 46.0 Å². The second kappa shape index (κ2) is 10.2. The number of aliphatic hydroxyl groups excluding tert-OH is 2. The number of ether oxygens (including phenoxy) is 2. The minimum atomic E-state index is -1.68. The van der Waals surface area contributed by atoms with Gasteiger partial charge in [-0.1, -0.05) is 24.3 Å². The van der Waals surface area contributed by atoms with E-state index in [1.807, 2.05) is 0 Å². The number of aromatic hydroxyl groups is 6. The molecule has 222 valence electrons. The van der Waals surface area contributed by atoms with Crippen LogP contribution in [0.3, 0.4) is 0 Å². The Morgan fingerprint density at radius 3 is 2.07 bits per heavy atom. The van der Waals surface area contributed by atoms with Crippen molar-refractivity contribution >= 4 is 5.97 Å². The molecule has 0 aliphatic carbocycles. The molecule has 43 heavy (non-hydrogen) atoms. The average Bonchev–Trinajstić information content (AvgIpc) is 2.96. The molecule has 0 saturated heterocycles. The van der Waals surface area contributed by atoms with Gasteiger partial charge in [0.1, 0.15) is 52.3 Å². The molecule has 0 bridgehead atoms. The second-order valence-electron chi connectivity index (χ2n) is 10.5. The Morgan fingerprint density at radius 2 is 1.40 bits per heavy atom. The number of rotatable bonds is 4. The summed E-state index contributed by atoms with van der Waals surface area (Å²) >= 11 is 0. The summed E-state index contributed by atoms with van der Waals surface area (Å²) < 4.78 is 12.2. The van der Waals surface area contributed by atoms with Crippen LogP contribution in [-0.2, 0) is 6.42 Å². The third-order valence-electron chi connectivity index (χ3n) is 7.85. The van der Waals surface area contributed by atoms with Gasteiger partial charge in [0.05, 0.1) is 12.0 Å². The van der Waals surface area contributed by atoms with Crippen molar-refractivity contribution in [2.45, 2.75) is 36.8 Å². The van der Waals surface area contributed by atoms with E-state index < -0.39 is 64.9 Å². The molecule has 12 nitrogen and oxygen atoms in total. The molecule has 0 saturated carbocycles. The fourth-order valence-electron chi connectivity index (χ4n) is 5.82. The van der Waals surface area contributed by atoms with Crippen molar-refractivity contribution in [2.75, 3.05) is 0 Å². The Bertz CT molecular complexity index is 1750. The Balaban J connectivity index is 1.59. The van der Waals surface area contributed by atoms with Crippen molar-refractivity contribution in [3.63, 3.8) is 0 Å². The van der Waals surface area contributed by atoms with Gasteiger partial charge in [0.2, 0.25) is 0 Å². The SMILES string of the molecule is O=C(O)c1c(O)c2c(c(C3c4ccc(O)cc4OC(c4ccc(O)cc4)C3O)c1O)OC(c1ccc(O)c(O)c1)C(O)C2. The van der Waals surface area contributed by atoms with E-state index in [-0.39, 0.29) is 51.7 Å². The molecule has 12 heteroatoms. The maximum Gasteiger partial charge on any atom is 0.343 e. The smallest absolute Gasteiger partial charge is 0.343 e. The minimum Gasteiger partial charge on any atom is -0.508 e. The topological polar surface area (TPSA) is 218 Å². The molecule has 5 atom stereocenters. The number of benzene rings is 4. The zero-order valence-electron chi connectivity index (χ0n) is 22.1. The summed E-state index contributed by atoms with van der Waals surface area (Å²) in [5.41, 5.74) is -0.364. The first-order chi connectivity index (χ1) is 20.5. The molecule has 6 rings (SSSR count). The van der Waals surface area contributed by atoms with Crippen LogP contribution in [0.2, 0.25) is 0 Å². The van der Waals surface area contributed by atoms with Gasteiger partial charge in [0.15, 0.2) is 17.6 Å². The first-order valence-electron chi connectivity index (χ1n) is 13.1. The summed E-state index contributed by atoms with van der Waals surface area (Å²) in [5.74, 6) is -5.91. The first kappa shape index (κ1) is 27.8. The fourth-order valence-corrected chi connectivity index (χ4v) is 5.82. The molecular weight excluding hydrogens is 564 g/mol. The monoisotopic (exact) mass is 590 g/mol. The van der Waals surface area contributed by atoms with Crippen molar-refractivity contribution in [2.24, 2.45) is 0 Å². The van der Waals surface area contributed by atoms with Gasteiger partial charge in [0.25, 0.3) is 0 Å². The van der Waals surface area contributed by atoms with Crippen LogP contribution < -0.4 is 9.47 Å². The quantitative estimate of drug-likeness (QED) is 0.156. The third-order valence-corrected chi connectivity index (χ3v) is 7.85. The van der Waals surface area contributed by atoms with E-state index in [0.29, 0.717) is 5.56 Å². The summed E-state index contributed by atoms with van der Waals surface area (Å²) in [6.07, 6.45) is -5.58. The lowest BCUT2D eigenvalue weighted by molar-refractivity contribution is 0.00179. The zero-order valence-corrected chi connectivity index (χ0v) is 22.1. The molecule has 2 aliphatic heterocycles. The van der Waals surface area contributed by atoms with Crippen molar-refractivity contribution in [1.29, 1.82) is 0 Å². The van der Waals surface area contributed by atoms with Crippen LogP contribution in [0, 0.1) is 0 Å². The predicted octanol–water partition coefficient (Wildman–Crippen LogP) is 3.28. The Hall–Kier alpha value is -5.33. The number of aromatic carboxylic acids is 1. The van der Waals surface area contributed by atoms with E-state index in [1.165, 1.54) is 60.7 Å². The highest BCUT2D eigenvalue weighted by Gasteiger charge is 2.46. The molecule has 0 spiro atoms. The van der Waals surface area contributed by atoms with E-state index >= 15 is 0 Å². The average molecular weight is 591 g/mol. The molecule has 2 aliphatic rings. The lowest BCUT2D eigenvalue weighted by atomic mass is 9.77. The summed E-state index contributed by atoms with van der Waals surface area (Å²) in [6.45, 7) is 0. The van der Waals surface area contributed by atoms with Crippen LogP contribution in [0.15, 0.2) is 60.7 Å². The van der Waals surface area contributed by atoms with Gasteiger partial charge in [-0.15, -0.1) is 0 Å². The summed E-state index contributed by atoms with van der Waals surface area (Å²) in [4.78, 5) is 12.3. The molecule has 2 heterocycles. The third kappa shape index (κ3) is 4.53. The highest BCUT2D eigenvalue weighted by Crippen LogP contribution is 2.56. The second-order valence-corrected chi connectivity index (χ2v) is 10.5. The molecule has 4 aromatic rings. The van der Waals surface area contributed by atoms with Crippen LogP contribution in [0.1, 0.15) is 56.3 Å². The number of hydrogen-bond acceptors (Lipinski definition) is 11. The van der Waals surface area contributed by atoms with Crippen molar-refractivity contribution in [3.05, 3.63) is 94.0 Å². The van der Waals surface area contributed by atoms with Gasteiger partial charge in [-0.05, 0) is 41.5 Å². The van der Waals surface area contributed by atoms with Crippen molar-refractivity contribution < 1.29 is 60.2 Å². The fraction of sp³-hybridized carbons (Fsp3) is 0.194. The predicted molar refractivity (Wildman–Crippen MR) is 147 cm³/mol. The van der Waals surface area contributed by atoms with Gasteiger partial charge in [-0.3, -0.25) is 0 Å². The number of aliphatic hydroxyl groups is 2. The summed E-state index contributed by atoms with van der Waals surface area (Å²) in [6, 6.07) is 13.5. The maximum atomic E-state index is 12.3. The van der Waals surface area contributed by atoms with Gasteiger partial charge in [0, 0.05) is 29.2 Å². The van der Waals surface area contributed by atoms with Gasteiger partial charge in [-0.2, -0.15) is 0 Å². The van der Waals surface area contributed by atoms with Crippen LogP contribution in [0.4, 0.5) is 0 Å². The first-order valence-corrected chi connectivity index (χ1v) is 13.1. The molecule has 0 amide bonds. The Morgan fingerprint density at radius 1 is 0.721 bits per heavy atom. The maximum absolute atomic E-state index is 12.3. The number of phenols is 6. The normalized spacial score (nSPS) is 22.5. The molecule has 5 unspecified atom stereocenters. The van der Waals surface area contributed by atoms with Crippen molar-refractivity contribution in [3.8, 4) is 46.0 Å². The minimum absolute atomic E-state index is 0.0433. The van der Waals surface area contributed by atoms with E-state index in [1.54, 1.807) is 0 Å². The summed E-state index contributed by atoms with van der Waals surface area (Å²) in [5, 5.41) is 95.0. The largest absolute Gasteiger partial charge is 0.508 e. The molecule has 0 aromatic heterocycles. The number of carboxylic acid groups (broad SMARTS) is 1. The molecular formula is C31H26O12. The number of phenolic OH excluding ortho intramolecular Hbond substituents is 4. The molecule has 0 radical (unpaired) electrons.